The quantitative estimate of drug-likeness (QED) is 0.501. The van der Waals surface area contributed by atoms with E-state index in [1.807, 2.05) is 0 Å². The second-order valence-corrected chi connectivity index (χ2v) is 6.61. The molecule has 4 rings (SSSR count). The first-order chi connectivity index (χ1) is 13.4. The fourth-order valence-corrected chi connectivity index (χ4v) is 3.13. The van der Waals surface area contributed by atoms with E-state index in [-0.39, 0.29) is 17.6 Å². The first-order valence-corrected chi connectivity index (χ1v) is 8.62. The van der Waals surface area contributed by atoms with E-state index in [0.717, 1.165) is 0 Å². The van der Waals surface area contributed by atoms with Gasteiger partial charge in [-0.1, -0.05) is 28.9 Å². The fourth-order valence-electron chi connectivity index (χ4n) is 3.01. The minimum Gasteiger partial charge on any atom is -0.336 e. The van der Waals surface area contributed by atoms with Crippen molar-refractivity contribution in [2.24, 2.45) is 0 Å². The van der Waals surface area contributed by atoms with Gasteiger partial charge in [0.25, 0.3) is 11.6 Å². The number of anilines is 3. The van der Waals surface area contributed by atoms with Crippen LogP contribution >= 0.6 is 11.6 Å². The van der Waals surface area contributed by atoms with Gasteiger partial charge in [-0.3, -0.25) is 15.0 Å². The van der Waals surface area contributed by atoms with E-state index in [1.54, 1.807) is 43.4 Å². The van der Waals surface area contributed by atoms with Crippen molar-refractivity contribution >= 4 is 40.6 Å². The Labute approximate surface area is 164 Å². The lowest BCUT2D eigenvalue weighted by molar-refractivity contribution is -0.384. The molecule has 2 amide bonds. The minimum absolute atomic E-state index is 0.0739. The van der Waals surface area contributed by atoms with E-state index in [2.05, 4.69) is 15.8 Å². The molecule has 0 bridgehead atoms. The summed E-state index contributed by atoms with van der Waals surface area (Å²) >= 11 is 5.90. The Kier molecular flexibility index (Phi) is 4.36. The Hall–Kier alpha value is -3.59. The summed E-state index contributed by atoms with van der Waals surface area (Å²) in [5.74, 6) is 0.283. The number of nitro groups is 1. The minimum atomic E-state index is -0.678. The standard InChI is InChI=1S/C18H14ClN5O4/c1-23-16-15(22-28-17(16)20-12-7-5-11(19)6-8-12)14(21-18(23)25)10-3-2-4-13(9-10)24(26)27/h2-9,14,20H,1H3,(H,21,25). The van der Waals surface area contributed by atoms with Crippen LogP contribution in [0.3, 0.4) is 0 Å². The molecule has 1 aromatic heterocycles. The number of fused-ring (bicyclic) bond motifs is 1. The number of nitrogens with one attached hydrogen (secondary N) is 2. The highest BCUT2D eigenvalue weighted by Crippen LogP contribution is 2.40. The van der Waals surface area contributed by atoms with Crippen molar-refractivity contribution < 1.29 is 14.2 Å². The van der Waals surface area contributed by atoms with Crippen molar-refractivity contribution in [3.63, 3.8) is 0 Å². The zero-order chi connectivity index (χ0) is 19.8. The van der Waals surface area contributed by atoms with Crippen molar-refractivity contribution in [1.29, 1.82) is 0 Å². The van der Waals surface area contributed by atoms with Gasteiger partial charge in [0.15, 0.2) is 0 Å². The van der Waals surface area contributed by atoms with Crippen molar-refractivity contribution in [3.8, 4) is 0 Å². The number of carbonyl (C=O) groups excluding carboxylic acids is 1. The molecule has 142 valence electrons. The monoisotopic (exact) mass is 399 g/mol. The molecule has 0 aliphatic carbocycles. The predicted octanol–water partition coefficient (Wildman–Crippen LogP) is 4.23. The number of nitro benzene ring substituents is 1. The number of halogens is 1. The predicted molar refractivity (Wildman–Crippen MR) is 103 cm³/mol. The number of amides is 2. The van der Waals surface area contributed by atoms with Gasteiger partial charge in [0.05, 0.1) is 4.92 Å². The number of urea groups is 1. The van der Waals surface area contributed by atoms with Gasteiger partial charge in [-0.2, -0.15) is 0 Å². The van der Waals surface area contributed by atoms with E-state index in [9.17, 15) is 14.9 Å². The molecule has 9 nitrogen and oxygen atoms in total. The Balaban J connectivity index is 1.74. The maximum Gasteiger partial charge on any atom is 0.322 e. The third-order valence-corrected chi connectivity index (χ3v) is 4.64. The molecule has 1 aliphatic heterocycles. The van der Waals surface area contributed by atoms with Gasteiger partial charge in [0.1, 0.15) is 17.4 Å². The van der Waals surface area contributed by atoms with Crippen LogP contribution in [-0.4, -0.2) is 23.2 Å². The van der Waals surface area contributed by atoms with Crippen LogP contribution in [-0.2, 0) is 0 Å². The highest BCUT2D eigenvalue weighted by Gasteiger charge is 2.36. The van der Waals surface area contributed by atoms with Crippen LogP contribution in [0.1, 0.15) is 17.3 Å². The van der Waals surface area contributed by atoms with Crippen molar-refractivity contribution in [3.05, 3.63) is 74.9 Å². The van der Waals surface area contributed by atoms with E-state index in [0.29, 0.717) is 27.7 Å². The Morgan fingerprint density at radius 1 is 1.29 bits per heavy atom. The summed E-state index contributed by atoms with van der Waals surface area (Å²) in [4.78, 5) is 24.4. The topological polar surface area (TPSA) is 114 Å². The second-order valence-electron chi connectivity index (χ2n) is 6.17. The molecule has 2 N–H and O–H groups in total. The van der Waals surface area contributed by atoms with Gasteiger partial charge in [-0.05, 0) is 29.8 Å². The average Bonchev–Trinajstić information content (AvgIpc) is 3.10. The number of hydrogen-bond acceptors (Lipinski definition) is 6. The van der Waals surface area contributed by atoms with Crippen molar-refractivity contribution in [1.82, 2.24) is 10.5 Å². The van der Waals surface area contributed by atoms with Crippen LogP contribution in [0.5, 0.6) is 0 Å². The van der Waals surface area contributed by atoms with Crippen LogP contribution in [0.2, 0.25) is 5.02 Å². The average molecular weight is 400 g/mol. The lowest BCUT2D eigenvalue weighted by Crippen LogP contribution is -2.44. The summed E-state index contributed by atoms with van der Waals surface area (Å²) in [7, 11) is 1.59. The van der Waals surface area contributed by atoms with Crippen LogP contribution in [0.15, 0.2) is 53.1 Å². The zero-order valence-corrected chi connectivity index (χ0v) is 15.3. The lowest BCUT2D eigenvalue weighted by Gasteiger charge is -2.29. The summed E-state index contributed by atoms with van der Waals surface area (Å²) in [6, 6.07) is 11.9. The summed E-state index contributed by atoms with van der Waals surface area (Å²) in [5.41, 5.74) is 2.06. The molecule has 0 radical (unpaired) electrons. The normalized spacial score (nSPS) is 15.7. The molecule has 1 unspecified atom stereocenters. The summed E-state index contributed by atoms with van der Waals surface area (Å²) in [6.07, 6.45) is 0. The Morgan fingerprint density at radius 3 is 2.75 bits per heavy atom. The van der Waals surface area contributed by atoms with Crippen LogP contribution in [0, 0.1) is 10.1 Å². The smallest absolute Gasteiger partial charge is 0.322 e. The number of rotatable bonds is 4. The van der Waals surface area contributed by atoms with Gasteiger partial charge >= 0.3 is 6.03 Å². The van der Waals surface area contributed by atoms with Crippen LogP contribution in [0.4, 0.5) is 27.7 Å². The maximum atomic E-state index is 12.5. The van der Waals surface area contributed by atoms with E-state index >= 15 is 0 Å². The number of nitrogens with zero attached hydrogens (tertiary/aromatic N) is 3. The third kappa shape index (κ3) is 3.12. The summed E-state index contributed by atoms with van der Waals surface area (Å²) < 4.78 is 5.44. The maximum absolute atomic E-state index is 12.5. The molecule has 0 fully saturated rings. The highest BCUT2D eigenvalue weighted by atomic mass is 35.5. The summed E-state index contributed by atoms with van der Waals surface area (Å²) in [6.45, 7) is 0. The van der Waals surface area contributed by atoms with Gasteiger partial charge in [0, 0.05) is 29.9 Å². The highest BCUT2D eigenvalue weighted by molar-refractivity contribution is 6.30. The molecule has 1 atom stereocenters. The molecule has 10 heteroatoms. The summed E-state index contributed by atoms with van der Waals surface area (Å²) in [5, 5.41) is 21.6. The molecule has 2 heterocycles. The first kappa shape index (κ1) is 17.8. The fraction of sp³-hybridized carbons (Fsp3) is 0.111. The molecule has 0 saturated carbocycles. The van der Waals surface area contributed by atoms with Gasteiger partial charge in [-0.25, -0.2) is 4.79 Å². The van der Waals surface area contributed by atoms with Crippen LogP contribution in [0.25, 0.3) is 0 Å². The number of hydrogen-bond donors (Lipinski definition) is 2. The molecule has 28 heavy (non-hydrogen) atoms. The second kappa shape index (κ2) is 6.86. The number of aromatic nitrogens is 1. The largest absolute Gasteiger partial charge is 0.336 e. The van der Waals surface area contributed by atoms with Gasteiger partial charge in [0.2, 0.25) is 0 Å². The number of benzene rings is 2. The zero-order valence-electron chi connectivity index (χ0n) is 14.5. The molecule has 1 aliphatic rings. The molecular formula is C18H14ClN5O4. The van der Waals surface area contributed by atoms with Gasteiger partial charge in [-0.15, -0.1) is 0 Å². The molecular weight excluding hydrogens is 386 g/mol. The Bertz CT molecular complexity index is 1070. The van der Waals surface area contributed by atoms with Crippen molar-refractivity contribution in [2.45, 2.75) is 6.04 Å². The Morgan fingerprint density at radius 2 is 2.04 bits per heavy atom. The van der Waals surface area contributed by atoms with E-state index < -0.39 is 11.0 Å². The van der Waals surface area contributed by atoms with E-state index in [4.69, 9.17) is 16.1 Å². The first-order valence-electron chi connectivity index (χ1n) is 8.25. The molecule has 0 saturated heterocycles. The molecule has 0 spiro atoms. The third-order valence-electron chi connectivity index (χ3n) is 4.39. The number of non-ortho nitro benzene ring substituents is 1. The van der Waals surface area contributed by atoms with Crippen molar-refractivity contribution in [2.75, 3.05) is 17.3 Å². The number of carbonyl (C=O) groups is 1. The van der Waals surface area contributed by atoms with Crippen LogP contribution < -0.4 is 15.5 Å². The lowest BCUT2D eigenvalue weighted by atomic mass is 10.00. The molecule has 2 aromatic carbocycles. The SMILES string of the molecule is CN1C(=O)NC(c2cccc([N+](=O)[O-])c2)c2noc(Nc3ccc(Cl)cc3)c21. The van der Waals surface area contributed by atoms with Gasteiger partial charge < -0.3 is 15.2 Å². The van der Waals surface area contributed by atoms with E-state index in [1.165, 1.54) is 17.0 Å². The molecule has 3 aromatic rings.